The molecule has 20 heavy (non-hydrogen) atoms. The second kappa shape index (κ2) is 7.07. The molecule has 0 radical (unpaired) electrons. The maximum atomic E-state index is 4.81. The summed E-state index contributed by atoms with van der Waals surface area (Å²) >= 11 is 0. The molecule has 0 spiro atoms. The molecule has 3 heteroatoms. The number of hydrogen-bond donors (Lipinski definition) is 1. The van der Waals surface area contributed by atoms with Crippen molar-refractivity contribution >= 4 is 5.82 Å². The first-order chi connectivity index (χ1) is 9.61. The average Bonchev–Trinajstić information content (AvgIpc) is 2.67. The average molecular weight is 275 g/mol. The van der Waals surface area contributed by atoms with E-state index in [1.807, 2.05) is 7.05 Å². The summed E-state index contributed by atoms with van der Waals surface area (Å²) in [4.78, 5) is 7.28. The summed E-state index contributed by atoms with van der Waals surface area (Å²) in [5.74, 6) is 2.85. The van der Waals surface area contributed by atoms with Crippen LogP contribution in [0.15, 0.2) is 12.1 Å². The fourth-order valence-electron chi connectivity index (χ4n) is 3.15. The molecule has 1 aliphatic heterocycles. The third-order valence-corrected chi connectivity index (χ3v) is 4.59. The van der Waals surface area contributed by atoms with Gasteiger partial charge in [0.05, 0.1) is 0 Å². The van der Waals surface area contributed by atoms with Crippen LogP contribution in [0.25, 0.3) is 0 Å². The van der Waals surface area contributed by atoms with Gasteiger partial charge in [0.25, 0.3) is 0 Å². The number of nitrogens with one attached hydrogen (secondary N) is 1. The van der Waals surface area contributed by atoms with E-state index in [1.54, 1.807) is 0 Å². The molecule has 1 N–H and O–H groups in total. The van der Waals surface area contributed by atoms with E-state index in [9.17, 15) is 0 Å². The molecule has 1 aromatic rings. The summed E-state index contributed by atoms with van der Waals surface area (Å²) in [7, 11) is 1.98. The SMILES string of the molecule is CNCc1ccc(N2CCCC(C(C)C)CC2)nc1C. The van der Waals surface area contributed by atoms with Gasteiger partial charge in [-0.25, -0.2) is 4.98 Å². The van der Waals surface area contributed by atoms with E-state index in [-0.39, 0.29) is 0 Å². The molecule has 2 heterocycles. The van der Waals surface area contributed by atoms with Gasteiger partial charge in [0.15, 0.2) is 0 Å². The van der Waals surface area contributed by atoms with Crippen LogP contribution >= 0.6 is 0 Å². The molecule has 0 saturated carbocycles. The van der Waals surface area contributed by atoms with E-state index in [1.165, 1.54) is 24.8 Å². The predicted molar refractivity (Wildman–Crippen MR) is 86.1 cm³/mol. The van der Waals surface area contributed by atoms with E-state index >= 15 is 0 Å². The topological polar surface area (TPSA) is 28.2 Å². The van der Waals surface area contributed by atoms with E-state index in [4.69, 9.17) is 4.98 Å². The largest absolute Gasteiger partial charge is 0.357 e. The van der Waals surface area contributed by atoms with Crippen LogP contribution in [0.5, 0.6) is 0 Å². The second-order valence-electron chi connectivity index (χ2n) is 6.37. The number of hydrogen-bond acceptors (Lipinski definition) is 3. The highest BCUT2D eigenvalue weighted by Crippen LogP contribution is 2.27. The summed E-state index contributed by atoms with van der Waals surface area (Å²) in [6.07, 6.45) is 3.96. The summed E-state index contributed by atoms with van der Waals surface area (Å²) in [5, 5.41) is 3.20. The molecule has 1 fully saturated rings. The number of aromatic nitrogens is 1. The number of pyridine rings is 1. The van der Waals surface area contributed by atoms with Crippen LogP contribution in [0.4, 0.5) is 5.82 Å². The Morgan fingerprint density at radius 3 is 2.75 bits per heavy atom. The van der Waals surface area contributed by atoms with Gasteiger partial charge in [0.2, 0.25) is 0 Å². The smallest absolute Gasteiger partial charge is 0.128 e. The van der Waals surface area contributed by atoms with E-state index in [0.717, 1.165) is 43.0 Å². The van der Waals surface area contributed by atoms with Crippen LogP contribution in [0.3, 0.4) is 0 Å². The fraction of sp³-hybridized carbons (Fsp3) is 0.706. The summed E-state index contributed by atoms with van der Waals surface area (Å²) < 4.78 is 0. The van der Waals surface area contributed by atoms with Crippen molar-refractivity contribution in [2.75, 3.05) is 25.0 Å². The second-order valence-corrected chi connectivity index (χ2v) is 6.37. The Balaban J connectivity index is 2.06. The van der Waals surface area contributed by atoms with E-state index < -0.39 is 0 Å². The highest BCUT2D eigenvalue weighted by molar-refractivity contribution is 5.41. The molecule has 2 rings (SSSR count). The van der Waals surface area contributed by atoms with Crippen LogP contribution in [-0.4, -0.2) is 25.1 Å². The molecule has 0 aliphatic carbocycles. The first kappa shape index (κ1) is 15.3. The Kier molecular flexibility index (Phi) is 5.41. The van der Waals surface area contributed by atoms with Gasteiger partial charge in [-0.15, -0.1) is 0 Å². The lowest BCUT2D eigenvalue weighted by atomic mass is 9.89. The van der Waals surface area contributed by atoms with Crippen molar-refractivity contribution in [1.29, 1.82) is 0 Å². The minimum atomic E-state index is 0.808. The predicted octanol–water partition coefficient (Wildman–Crippen LogP) is 3.37. The minimum Gasteiger partial charge on any atom is -0.357 e. The van der Waals surface area contributed by atoms with E-state index in [0.29, 0.717) is 0 Å². The molecule has 0 bridgehead atoms. The molecule has 1 aromatic heterocycles. The van der Waals surface area contributed by atoms with Crippen molar-refractivity contribution in [3.8, 4) is 0 Å². The van der Waals surface area contributed by atoms with Gasteiger partial charge in [-0.2, -0.15) is 0 Å². The Bertz CT molecular complexity index is 428. The highest BCUT2D eigenvalue weighted by atomic mass is 15.2. The maximum Gasteiger partial charge on any atom is 0.128 e. The zero-order valence-electron chi connectivity index (χ0n) is 13.4. The van der Waals surface area contributed by atoms with Crippen molar-refractivity contribution in [3.05, 3.63) is 23.4 Å². The Morgan fingerprint density at radius 1 is 1.30 bits per heavy atom. The molecule has 3 nitrogen and oxygen atoms in total. The maximum absolute atomic E-state index is 4.81. The van der Waals surface area contributed by atoms with Gasteiger partial charge in [0, 0.05) is 25.3 Å². The molecular weight excluding hydrogens is 246 g/mol. The molecule has 112 valence electrons. The molecule has 1 saturated heterocycles. The molecular formula is C17H29N3. The third-order valence-electron chi connectivity index (χ3n) is 4.59. The van der Waals surface area contributed by atoms with Crippen LogP contribution in [0.2, 0.25) is 0 Å². The molecule has 1 unspecified atom stereocenters. The molecule has 1 atom stereocenters. The summed E-state index contributed by atoms with van der Waals surface area (Å²) in [6.45, 7) is 10.0. The summed E-state index contributed by atoms with van der Waals surface area (Å²) in [5.41, 5.74) is 2.45. The standard InChI is InChI=1S/C17H29N3/c1-13(2)15-6-5-10-20(11-9-15)17-8-7-16(12-18-4)14(3)19-17/h7-8,13,15,18H,5-6,9-12H2,1-4H3. The van der Waals surface area contributed by atoms with Gasteiger partial charge < -0.3 is 10.2 Å². The number of rotatable bonds is 4. The van der Waals surface area contributed by atoms with Gasteiger partial charge >= 0.3 is 0 Å². The lowest BCUT2D eigenvalue weighted by Crippen LogP contribution is -2.26. The van der Waals surface area contributed by atoms with Gasteiger partial charge in [-0.1, -0.05) is 19.9 Å². The van der Waals surface area contributed by atoms with Gasteiger partial charge in [0.1, 0.15) is 5.82 Å². The lowest BCUT2D eigenvalue weighted by molar-refractivity contribution is 0.351. The zero-order chi connectivity index (χ0) is 14.5. The number of nitrogens with zero attached hydrogens (tertiary/aromatic N) is 2. The molecule has 0 amide bonds. The van der Waals surface area contributed by atoms with Crippen LogP contribution < -0.4 is 10.2 Å². The number of aryl methyl sites for hydroxylation is 1. The first-order valence-electron chi connectivity index (χ1n) is 7.98. The van der Waals surface area contributed by atoms with Gasteiger partial charge in [-0.3, -0.25) is 0 Å². The Labute approximate surface area is 123 Å². The number of anilines is 1. The first-order valence-corrected chi connectivity index (χ1v) is 7.98. The van der Waals surface area contributed by atoms with Crippen molar-refractivity contribution in [2.45, 2.75) is 46.6 Å². The van der Waals surface area contributed by atoms with Crippen LogP contribution in [-0.2, 0) is 6.54 Å². The van der Waals surface area contributed by atoms with E-state index in [2.05, 4.69) is 43.1 Å². The molecule has 0 aromatic carbocycles. The monoisotopic (exact) mass is 275 g/mol. The molecule has 1 aliphatic rings. The van der Waals surface area contributed by atoms with Gasteiger partial charge in [-0.05, 0) is 56.7 Å². The van der Waals surface area contributed by atoms with Crippen molar-refractivity contribution in [2.24, 2.45) is 11.8 Å². The van der Waals surface area contributed by atoms with Crippen molar-refractivity contribution in [1.82, 2.24) is 10.3 Å². The Morgan fingerprint density at radius 2 is 2.10 bits per heavy atom. The zero-order valence-corrected chi connectivity index (χ0v) is 13.4. The quantitative estimate of drug-likeness (QED) is 0.913. The minimum absolute atomic E-state index is 0.808. The lowest BCUT2D eigenvalue weighted by Gasteiger charge is -2.23. The normalized spacial score (nSPS) is 20.2. The van der Waals surface area contributed by atoms with Crippen molar-refractivity contribution in [3.63, 3.8) is 0 Å². The third kappa shape index (κ3) is 3.72. The highest BCUT2D eigenvalue weighted by Gasteiger charge is 2.20. The van der Waals surface area contributed by atoms with Crippen LogP contribution in [0.1, 0.15) is 44.4 Å². The van der Waals surface area contributed by atoms with Crippen LogP contribution in [0, 0.1) is 18.8 Å². The Hall–Kier alpha value is -1.09. The fourth-order valence-corrected chi connectivity index (χ4v) is 3.15. The van der Waals surface area contributed by atoms with Crippen molar-refractivity contribution < 1.29 is 0 Å². The summed E-state index contributed by atoms with van der Waals surface area (Å²) in [6, 6.07) is 4.41.